The van der Waals surface area contributed by atoms with Gasteiger partial charge in [-0.1, -0.05) is 6.07 Å². The van der Waals surface area contributed by atoms with Crippen LogP contribution in [0.15, 0.2) is 61.1 Å². The van der Waals surface area contributed by atoms with Crippen molar-refractivity contribution >= 4 is 28.3 Å². The van der Waals surface area contributed by atoms with Crippen molar-refractivity contribution in [3.05, 3.63) is 72.4 Å². The van der Waals surface area contributed by atoms with Gasteiger partial charge in [-0.2, -0.15) is 18.3 Å². The number of nitrogens with one attached hydrogen (secondary N) is 2. The van der Waals surface area contributed by atoms with Gasteiger partial charge in [0.2, 0.25) is 0 Å². The van der Waals surface area contributed by atoms with Gasteiger partial charge in [0, 0.05) is 41.1 Å². The number of alkyl halides is 3. The van der Waals surface area contributed by atoms with Crippen LogP contribution in [0.3, 0.4) is 0 Å². The van der Waals surface area contributed by atoms with Crippen LogP contribution >= 0.6 is 0 Å². The number of fused-ring (bicyclic) bond motifs is 1. The van der Waals surface area contributed by atoms with E-state index in [0.717, 1.165) is 29.1 Å². The third-order valence-corrected chi connectivity index (χ3v) is 4.64. The van der Waals surface area contributed by atoms with Crippen molar-refractivity contribution in [1.82, 2.24) is 14.8 Å². The van der Waals surface area contributed by atoms with Gasteiger partial charge in [0.1, 0.15) is 5.82 Å². The molecule has 0 atom stereocenters. The van der Waals surface area contributed by atoms with Crippen molar-refractivity contribution in [2.24, 2.45) is 7.05 Å². The van der Waals surface area contributed by atoms with Crippen LogP contribution in [-0.2, 0) is 13.2 Å². The van der Waals surface area contributed by atoms with E-state index in [1.807, 2.05) is 0 Å². The minimum atomic E-state index is -4.53. The van der Waals surface area contributed by atoms with Crippen LogP contribution in [0.4, 0.5) is 33.7 Å². The van der Waals surface area contributed by atoms with Crippen LogP contribution < -0.4 is 10.6 Å². The second-order valence-corrected chi connectivity index (χ2v) is 6.74. The number of hydrogen-bond acceptors (Lipinski definition) is 3. The monoisotopic (exact) mass is 429 g/mol. The molecule has 10 heteroatoms. The first kappa shape index (κ1) is 20.3. The molecule has 2 aromatic heterocycles. The molecule has 2 heterocycles. The smallest absolute Gasteiger partial charge is 0.308 e. The zero-order valence-electron chi connectivity index (χ0n) is 16.0. The van der Waals surface area contributed by atoms with E-state index in [4.69, 9.17) is 0 Å². The molecule has 0 unspecified atom stereocenters. The number of nitrogens with zero attached hydrogens (tertiary/aromatic N) is 3. The molecule has 0 bridgehead atoms. The maximum absolute atomic E-state index is 14.8. The highest BCUT2D eigenvalue weighted by Crippen LogP contribution is 2.32. The lowest BCUT2D eigenvalue weighted by molar-refractivity contribution is -0.137. The Kier molecular flexibility index (Phi) is 5.05. The van der Waals surface area contributed by atoms with Crippen molar-refractivity contribution in [3.8, 4) is 11.1 Å². The summed E-state index contributed by atoms with van der Waals surface area (Å²) in [5.41, 5.74) is 0.757. The van der Waals surface area contributed by atoms with Crippen molar-refractivity contribution in [2.75, 3.05) is 10.6 Å². The van der Waals surface area contributed by atoms with E-state index < -0.39 is 23.6 Å². The fraction of sp³-hybridized carbons (Fsp3) is 0.0952. The molecule has 0 spiro atoms. The summed E-state index contributed by atoms with van der Waals surface area (Å²) < 4.78 is 54.8. The van der Waals surface area contributed by atoms with Crippen molar-refractivity contribution in [2.45, 2.75) is 6.18 Å². The van der Waals surface area contributed by atoms with Gasteiger partial charge in [0.25, 0.3) is 0 Å². The standard InChI is InChI=1S/C21H15F4N5O/c1-30-19-11-26-9-16(17(19)10-27-30)15-6-5-14(8-18(15)22)29-20(31)28-13-4-2-3-12(7-13)21(23,24)25/h2-11H,1H3,(H2,28,29,31). The predicted molar refractivity (Wildman–Crippen MR) is 108 cm³/mol. The quantitative estimate of drug-likeness (QED) is 0.426. The Hall–Kier alpha value is -3.95. The Bertz CT molecular complexity index is 1280. The molecule has 31 heavy (non-hydrogen) atoms. The average Bonchev–Trinajstić information content (AvgIpc) is 3.09. The summed E-state index contributed by atoms with van der Waals surface area (Å²) in [4.78, 5) is 16.3. The SMILES string of the molecule is Cn1ncc2c(-c3ccc(NC(=O)Nc4cccc(C(F)(F)F)c4)cc3F)cncc21. The van der Waals surface area contributed by atoms with E-state index in [-0.39, 0.29) is 16.9 Å². The van der Waals surface area contributed by atoms with Crippen LogP contribution in [0.25, 0.3) is 22.0 Å². The summed E-state index contributed by atoms with van der Waals surface area (Å²) in [6.07, 6.45) is 0.229. The summed E-state index contributed by atoms with van der Waals surface area (Å²) in [7, 11) is 1.75. The Balaban J connectivity index is 1.53. The number of anilines is 2. The van der Waals surface area contributed by atoms with Gasteiger partial charge < -0.3 is 10.6 Å². The molecule has 2 amide bonds. The first-order valence-electron chi connectivity index (χ1n) is 9.03. The molecule has 0 radical (unpaired) electrons. The summed E-state index contributed by atoms with van der Waals surface area (Å²) in [5.74, 6) is -0.602. The Morgan fingerprint density at radius 3 is 2.42 bits per heavy atom. The zero-order valence-corrected chi connectivity index (χ0v) is 16.0. The van der Waals surface area contributed by atoms with Gasteiger partial charge in [-0.15, -0.1) is 0 Å². The normalized spacial score (nSPS) is 11.5. The maximum Gasteiger partial charge on any atom is 0.416 e. The van der Waals surface area contributed by atoms with Gasteiger partial charge in [-0.05, 0) is 36.4 Å². The number of carbonyl (C=O) groups is 1. The van der Waals surface area contributed by atoms with Crippen LogP contribution in [0.5, 0.6) is 0 Å². The third-order valence-electron chi connectivity index (χ3n) is 4.64. The highest BCUT2D eigenvalue weighted by atomic mass is 19.4. The van der Waals surface area contributed by atoms with E-state index in [0.29, 0.717) is 5.56 Å². The van der Waals surface area contributed by atoms with E-state index >= 15 is 0 Å². The number of hydrogen-bond donors (Lipinski definition) is 2. The molecular weight excluding hydrogens is 414 g/mol. The minimum absolute atomic E-state index is 0.0428. The molecule has 0 aliphatic heterocycles. The summed E-state index contributed by atoms with van der Waals surface area (Å²) in [6, 6.07) is 7.50. The molecule has 2 aromatic carbocycles. The molecular formula is C21H15F4N5O. The fourth-order valence-electron chi connectivity index (χ4n) is 3.15. The third kappa shape index (κ3) is 4.18. The van der Waals surface area contributed by atoms with E-state index in [9.17, 15) is 22.4 Å². The van der Waals surface area contributed by atoms with Crippen molar-refractivity contribution in [3.63, 3.8) is 0 Å². The number of pyridine rings is 1. The molecule has 4 rings (SSSR count). The fourth-order valence-corrected chi connectivity index (χ4v) is 3.15. The van der Waals surface area contributed by atoms with E-state index in [1.165, 1.54) is 30.5 Å². The first-order chi connectivity index (χ1) is 14.7. The number of rotatable bonds is 3. The van der Waals surface area contributed by atoms with Gasteiger partial charge in [0.05, 0.1) is 23.5 Å². The van der Waals surface area contributed by atoms with Crippen LogP contribution in [0, 0.1) is 5.82 Å². The van der Waals surface area contributed by atoms with Gasteiger partial charge in [-0.3, -0.25) is 9.67 Å². The van der Waals surface area contributed by atoms with E-state index in [1.54, 1.807) is 24.1 Å². The second kappa shape index (κ2) is 7.71. The molecule has 0 saturated heterocycles. The van der Waals surface area contributed by atoms with Crippen LogP contribution in [-0.4, -0.2) is 20.8 Å². The molecule has 0 fully saturated rings. The number of urea groups is 1. The number of aryl methyl sites for hydroxylation is 1. The Morgan fingerprint density at radius 2 is 1.71 bits per heavy atom. The van der Waals surface area contributed by atoms with Gasteiger partial charge in [0.15, 0.2) is 0 Å². The lowest BCUT2D eigenvalue weighted by Crippen LogP contribution is -2.20. The van der Waals surface area contributed by atoms with Crippen LogP contribution in [0.1, 0.15) is 5.56 Å². The summed E-state index contributed by atoms with van der Waals surface area (Å²) in [5, 5.41) is 9.58. The van der Waals surface area contributed by atoms with E-state index in [2.05, 4.69) is 20.7 Å². The lowest BCUT2D eigenvalue weighted by atomic mass is 10.0. The molecule has 4 aromatic rings. The van der Waals surface area contributed by atoms with Crippen LogP contribution in [0.2, 0.25) is 0 Å². The first-order valence-corrected chi connectivity index (χ1v) is 9.03. The number of aromatic nitrogens is 3. The van der Waals surface area contributed by atoms with Crippen molar-refractivity contribution < 1.29 is 22.4 Å². The number of amides is 2. The maximum atomic E-state index is 14.8. The largest absolute Gasteiger partial charge is 0.416 e. The lowest BCUT2D eigenvalue weighted by Gasteiger charge is -2.12. The zero-order chi connectivity index (χ0) is 22.2. The minimum Gasteiger partial charge on any atom is -0.308 e. The number of carbonyl (C=O) groups excluding carboxylic acids is 1. The predicted octanol–water partition coefficient (Wildman–Crippen LogP) is 5.44. The molecule has 0 aliphatic carbocycles. The molecule has 158 valence electrons. The molecule has 2 N–H and O–H groups in total. The Morgan fingerprint density at radius 1 is 0.968 bits per heavy atom. The summed E-state index contributed by atoms with van der Waals surface area (Å²) >= 11 is 0. The average molecular weight is 429 g/mol. The highest BCUT2D eigenvalue weighted by molar-refractivity contribution is 6.00. The molecule has 6 nitrogen and oxygen atoms in total. The highest BCUT2D eigenvalue weighted by Gasteiger charge is 2.30. The molecule has 0 saturated carbocycles. The number of benzene rings is 2. The topological polar surface area (TPSA) is 71.8 Å². The number of halogens is 4. The van der Waals surface area contributed by atoms with Crippen molar-refractivity contribution in [1.29, 1.82) is 0 Å². The van der Waals surface area contributed by atoms with Gasteiger partial charge >= 0.3 is 12.2 Å². The second-order valence-electron chi connectivity index (χ2n) is 6.74. The summed E-state index contributed by atoms with van der Waals surface area (Å²) in [6.45, 7) is 0. The molecule has 0 aliphatic rings. The Labute approximate surface area is 173 Å². The van der Waals surface area contributed by atoms with Gasteiger partial charge in [-0.25, -0.2) is 9.18 Å².